The Morgan fingerprint density at radius 2 is 2.00 bits per heavy atom. The van der Waals surface area contributed by atoms with Crippen LogP contribution in [0.3, 0.4) is 0 Å². The van der Waals surface area contributed by atoms with Gasteiger partial charge < -0.3 is 5.73 Å². The molecule has 0 aliphatic heterocycles. The molecule has 1 rings (SSSR count). The molecule has 0 fully saturated rings. The molecule has 0 heterocycles. The predicted molar refractivity (Wildman–Crippen MR) is 62.2 cm³/mol. The molecule has 0 aliphatic rings. The second-order valence-electron chi connectivity index (χ2n) is 3.79. The van der Waals surface area contributed by atoms with Gasteiger partial charge in [0.25, 0.3) is 0 Å². The molecular weight excluding hydrogens is 251 g/mol. The number of hydrogen-bond acceptors (Lipinski definition) is 2. The van der Waals surface area contributed by atoms with E-state index in [1.54, 1.807) is 25.1 Å². The first-order valence-electron chi connectivity index (χ1n) is 5.11. The number of nitrogens with two attached hydrogens (primary N) is 1. The predicted octanol–water partition coefficient (Wildman–Crippen LogP) is 3.03. The molecule has 1 aromatic carbocycles. The van der Waals surface area contributed by atoms with Crippen molar-refractivity contribution in [2.24, 2.45) is 0 Å². The summed E-state index contributed by atoms with van der Waals surface area (Å²) in [5.74, 6) is 0.0167. The minimum atomic E-state index is -4.18. The van der Waals surface area contributed by atoms with Gasteiger partial charge in [0.15, 0.2) is 0 Å². The molecule has 0 radical (unpaired) electrons. The number of anilines is 1. The van der Waals surface area contributed by atoms with Crippen LogP contribution < -0.4 is 5.73 Å². The lowest BCUT2D eigenvalue weighted by molar-refractivity contribution is -0.134. The number of rotatable bonds is 4. The van der Waals surface area contributed by atoms with Gasteiger partial charge in [0, 0.05) is 22.8 Å². The number of benzene rings is 1. The third-order valence-corrected chi connectivity index (χ3v) is 3.73. The first-order chi connectivity index (χ1) is 7.79. The van der Waals surface area contributed by atoms with E-state index in [9.17, 15) is 17.4 Å². The van der Waals surface area contributed by atoms with Crippen LogP contribution in [0.4, 0.5) is 18.9 Å². The standard InChI is InChI=1S/C11H14F3NOS/c1-8-7-9(3-4-10(8)15)17(16)6-2-5-11(12,13)14/h3-4,7H,2,5-6,15H2,1H3. The summed E-state index contributed by atoms with van der Waals surface area (Å²) < 4.78 is 47.4. The van der Waals surface area contributed by atoms with Crippen LogP contribution >= 0.6 is 0 Å². The first kappa shape index (κ1) is 14.0. The normalized spacial score (nSPS) is 13.6. The zero-order chi connectivity index (χ0) is 13.1. The van der Waals surface area contributed by atoms with E-state index in [1.165, 1.54) is 0 Å². The monoisotopic (exact) mass is 265 g/mol. The highest BCUT2D eigenvalue weighted by Crippen LogP contribution is 2.22. The third-order valence-electron chi connectivity index (χ3n) is 2.29. The van der Waals surface area contributed by atoms with Crippen molar-refractivity contribution in [3.05, 3.63) is 23.8 Å². The Labute approximate surface area is 100 Å². The van der Waals surface area contributed by atoms with Crippen LogP contribution in [0.1, 0.15) is 18.4 Å². The van der Waals surface area contributed by atoms with E-state index in [1.807, 2.05) is 0 Å². The molecule has 17 heavy (non-hydrogen) atoms. The molecule has 0 saturated heterocycles. The molecule has 0 amide bonds. The zero-order valence-electron chi connectivity index (χ0n) is 9.38. The van der Waals surface area contributed by atoms with Crippen molar-refractivity contribution in [3.8, 4) is 0 Å². The lowest BCUT2D eigenvalue weighted by atomic mass is 10.2. The van der Waals surface area contributed by atoms with E-state index in [0.29, 0.717) is 10.6 Å². The summed E-state index contributed by atoms with van der Waals surface area (Å²) in [7, 11) is -1.39. The zero-order valence-corrected chi connectivity index (χ0v) is 10.2. The van der Waals surface area contributed by atoms with E-state index in [2.05, 4.69) is 0 Å². The van der Waals surface area contributed by atoms with Crippen molar-refractivity contribution in [3.63, 3.8) is 0 Å². The fraction of sp³-hybridized carbons (Fsp3) is 0.455. The van der Waals surface area contributed by atoms with E-state index < -0.39 is 23.4 Å². The SMILES string of the molecule is Cc1cc(S(=O)CCCC(F)(F)F)ccc1N. The maximum atomic E-state index is 11.9. The Morgan fingerprint density at radius 3 is 2.53 bits per heavy atom. The summed E-state index contributed by atoms with van der Waals surface area (Å²) in [6.45, 7) is 1.77. The summed E-state index contributed by atoms with van der Waals surface area (Å²) in [5, 5.41) is 0. The Hall–Kier alpha value is -1.04. The third kappa shape index (κ3) is 4.77. The molecule has 0 spiro atoms. The maximum Gasteiger partial charge on any atom is 0.389 e. The fourth-order valence-electron chi connectivity index (χ4n) is 1.31. The smallest absolute Gasteiger partial charge is 0.389 e. The van der Waals surface area contributed by atoms with Gasteiger partial charge in [0.1, 0.15) is 0 Å². The number of aryl methyl sites for hydroxylation is 1. The van der Waals surface area contributed by atoms with Gasteiger partial charge in [0.05, 0.1) is 10.8 Å². The Balaban J connectivity index is 2.56. The molecule has 96 valence electrons. The molecule has 1 unspecified atom stereocenters. The van der Waals surface area contributed by atoms with Gasteiger partial charge in [-0.15, -0.1) is 0 Å². The lowest BCUT2D eigenvalue weighted by Crippen LogP contribution is -2.09. The van der Waals surface area contributed by atoms with Gasteiger partial charge in [0.2, 0.25) is 0 Å². The van der Waals surface area contributed by atoms with Crippen LogP contribution in [0, 0.1) is 6.92 Å². The Kier molecular flexibility index (Phi) is 4.56. The molecule has 0 bridgehead atoms. The molecule has 0 aliphatic carbocycles. The lowest BCUT2D eigenvalue weighted by Gasteiger charge is -2.07. The second-order valence-corrected chi connectivity index (χ2v) is 5.36. The van der Waals surface area contributed by atoms with Gasteiger partial charge in [-0.3, -0.25) is 4.21 Å². The van der Waals surface area contributed by atoms with Crippen LogP contribution in [-0.4, -0.2) is 16.1 Å². The molecule has 2 nitrogen and oxygen atoms in total. The van der Waals surface area contributed by atoms with Crippen molar-refractivity contribution in [2.75, 3.05) is 11.5 Å². The summed E-state index contributed by atoms with van der Waals surface area (Å²) in [6.07, 6.45) is -5.20. The van der Waals surface area contributed by atoms with E-state index in [4.69, 9.17) is 5.73 Å². The second kappa shape index (κ2) is 5.53. The van der Waals surface area contributed by atoms with Gasteiger partial charge in [-0.1, -0.05) is 0 Å². The fourth-order valence-corrected chi connectivity index (χ4v) is 2.48. The molecule has 0 saturated carbocycles. The number of hydrogen-bond donors (Lipinski definition) is 1. The van der Waals surface area contributed by atoms with Gasteiger partial charge in [-0.2, -0.15) is 13.2 Å². The van der Waals surface area contributed by atoms with Crippen molar-refractivity contribution < 1.29 is 17.4 Å². The Morgan fingerprint density at radius 1 is 1.35 bits per heavy atom. The number of halogens is 3. The summed E-state index contributed by atoms with van der Waals surface area (Å²) in [4.78, 5) is 0.527. The Bertz CT molecular complexity index is 418. The largest absolute Gasteiger partial charge is 0.399 e. The van der Waals surface area contributed by atoms with Crippen molar-refractivity contribution >= 4 is 16.5 Å². The molecule has 6 heteroatoms. The molecular formula is C11H14F3NOS. The van der Waals surface area contributed by atoms with Crippen LogP contribution in [-0.2, 0) is 10.8 Å². The van der Waals surface area contributed by atoms with Crippen LogP contribution in [0.25, 0.3) is 0 Å². The number of nitrogen functional groups attached to an aromatic ring is 1. The maximum absolute atomic E-state index is 11.9. The first-order valence-corrected chi connectivity index (χ1v) is 6.43. The summed E-state index contributed by atoms with van der Waals surface area (Å²) in [5.41, 5.74) is 6.97. The van der Waals surface area contributed by atoms with Gasteiger partial charge >= 0.3 is 6.18 Å². The van der Waals surface area contributed by atoms with Gasteiger partial charge in [-0.25, -0.2) is 0 Å². The van der Waals surface area contributed by atoms with Crippen LogP contribution in [0.5, 0.6) is 0 Å². The highest BCUT2D eigenvalue weighted by Gasteiger charge is 2.26. The summed E-state index contributed by atoms with van der Waals surface area (Å²) in [6, 6.07) is 4.86. The molecule has 1 aromatic rings. The van der Waals surface area contributed by atoms with E-state index in [0.717, 1.165) is 5.56 Å². The minimum Gasteiger partial charge on any atom is -0.399 e. The quantitative estimate of drug-likeness (QED) is 0.850. The topological polar surface area (TPSA) is 43.1 Å². The average Bonchev–Trinajstić information content (AvgIpc) is 2.20. The van der Waals surface area contributed by atoms with Crippen LogP contribution in [0.15, 0.2) is 23.1 Å². The van der Waals surface area contributed by atoms with E-state index in [-0.39, 0.29) is 12.2 Å². The average molecular weight is 265 g/mol. The highest BCUT2D eigenvalue weighted by atomic mass is 32.2. The number of alkyl halides is 3. The molecule has 1 atom stereocenters. The van der Waals surface area contributed by atoms with Gasteiger partial charge in [-0.05, 0) is 37.1 Å². The minimum absolute atomic E-state index is 0.0167. The molecule has 0 aromatic heterocycles. The van der Waals surface area contributed by atoms with Crippen molar-refractivity contribution in [1.29, 1.82) is 0 Å². The summed E-state index contributed by atoms with van der Waals surface area (Å²) >= 11 is 0. The van der Waals surface area contributed by atoms with Crippen molar-refractivity contribution in [1.82, 2.24) is 0 Å². The van der Waals surface area contributed by atoms with Crippen molar-refractivity contribution in [2.45, 2.75) is 30.8 Å². The van der Waals surface area contributed by atoms with E-state index >= 15 is 0 Å². The highest BCUT2D eigenvalue weighted by molar-refractivity contribution is 7.85. The van der Waals surface area contributed by atoms with Crippen LogP contribution in [0.2, 0.25) is 0 Å². The molecule has 2 N–H and O–H groups in total.